The maximum absolute atomic E-state index is 5.68. The average Bonchev–Trinajstić information content (AvgIpc) is 2.96. The van der Waals surface area contributed by atoms with Gasteiger partial charge in [0.25, 0.3) is 0 Å². The number of hydrogen-bond donors (Lipinski definition) is 1. The molecule has 118 valence electrons. The number of nitrogens with two attached hydrogens (primary N) is 1. The first-order valence-electron chi connectivity index (χ1n) is 6.93. The van der Waals surface area contributed by atoms with E-state index in [9.17, 15) is 0 Å². The lowest BCUT2D eigenvalue weighted by atomic mass is 10.2. The van der Waals surface area contributed by atoms with Crippen molar-refractivity contribution in [3.8, 4) is 0 Å². The molecule has 3 rings (SSSR count). The number of piperazine rings is 1. The number of rotatable bonds is 2. The molecule has 0 saturated carbocycles. The maximum Gasteiger partial charge on any atom is 0.180 e. The number of halogens is 1. The molecule has 1 fully saturated rings. The molecule has 8 heteroatoms. The third kappa shape index (κ3) is 4.25. The standard InChI is InChI=1S/C13H21N5S2.ClH/c1-13(2)9-16-12(20-13)18-5-3-17(4-6-18)8-10-7-15-11(14)19-10;/h7H,3-6,8-9H2,1-2H3,(H2,14,15);1H. The van der Waals surface area contributed by atoms with Crippen LogP contribution >= 0.6 is 35.5 Å². The number of thioether (sulfide) groups is 1. The molecule has 21 heavy (non-hydrogen) atoms. The Hall–Kier alpha value is -0.500. The molecule has 2 aliphatic heterocycles. The van der Waals surface area contributed by atoms with E-state index in [0.29, 0.717) is 5.13 Å². The minimum Gasteiger partial charge on any atom is -0.375 e. The van der Waals surface area contributed by atoms with Crippen molar-refractivity contribution in [2.75, 3.05) is 38.5 Å². The molecule has 3 heterocycles. The van der Waals surface area contributed by atoms with E-state index in [2.05, 4.69) is 33.6 Å². The fourth-order valence-electron chi connectivity index (χ4n) is 2.45. The number of nitrogen functional groups attached to an aromatic ring is 1. The molecule has 1 saturated heterocycles. The van der Waals surface area contributed by atoms with Crippen LogP contribution in [-0.4, -0.2) is 57.4 Å². The molecule has 0 amide bonds. The van der Waals surface area contributed by atoms with Crippen molar-refractivity contribution in [3.05, 3.63) is 11.1 Å². The van der Waals surface area contributed by atoms with E-state index in [-0.39, 0.29) is 17.2 Å². The summed E-state index contributed by atoms with van der Waals surface area (Å²) in [5.41, 5.74) is 5.68. The summed E-state index contributed by atoms with van der Waals surface area (Å²) in [7, 11) is 0. The maximum atomic E-state index is 5.68. The monoisotopic (exact) mass is 347 g/mol. The zero-order valence-corrected chi connectivity index (χ0v) is 14.9. The van der Waals surface area contributed by atoms with Crippen LogP contribution in [0.4, 0.5) is 5.13 Å². The van der Waals surface area contributed by atoms with Gasteiger partial charge in [-0.05, 0) is 13.8 Å². The van der Waals surface area contributed by atoms with Crippen molar-refractivity contribution >= 4 is 45.8 Å². The van der Waals surface area contributed by atoms with Gasteiger partial charge in [-0.2, -0.15) is 0 Å². The number of aliphatic imine (C=N–C) groups is 1. The van der Waals surface area contributed by atoms with Crippen LogP contribution in [0.5, 0.6) is 0 Å². The van der Waals surface area contributed by atoms with Crippen molar-refractivity contribution in [1.29, 1.82) is 0 Å². The highest BCUT2D eigenvalue weighted by Gasteiger charge is 2.31. The second-order valence-electron chi connectivity index (χ2n) is 5.89. The fraction of sp³-hybridized carbons (Fsp3) is 0.692. The molecule has 0 aliphatic carbocycles. The van der Waals surface area contributed by atoms with Crippen molar-refractivity contribution < 1.29 is 0 Å². The zero-order valence-electron chi connectivity index (χ0n) is 12.4. The Morgan fingerprint density at radius 2 is 2.00 bits per heavy atom. The Balaban J connectivity index is 0.00000161. The minimum atomic E-state index is 0. The Morgan fingerprint density at radius 3 is 2.52 bits per heavy atom. The summed E-state index contributed by atoms with van der Waals surface area (Å²) >= 11 is 3.51. The van der Waals surface area contributed by atoms with Crippen LogP contribution in [0.1, 0.15) is 18.7 Å². The molecule has 1 aromatic rings. The zero-order chi connectivity index (χ0) is 14.2. The molecule has 0 radical (unpaired) electrons. The third-order valence-electron chi connectivity index (χ3n) is 3.56. The molecular weight excluding hydrogens is 326 g/mol. The van der Waals surface area contributed by atoms with E-state index in [1.165, 1.54) is 10.0 Å². The molecule has 0 bridgehead atoms. The highest BCUT2D eigenvalue weighted by molar-refractivity contribution is 8.15. The van der Waals surface area contributed by atoms with Gasteiger partial charge in [-0.1, -0.05) is 11.8 Å². The molecule has 0 aromatic carbocycles. The smallest absolute Gasteiger partial charge is 0.180 e. The quantitative estimate of drug-likeness (QED) is 0.888. The summed E-state index contributed by atoms with van der Waals surface area (Å²) in [6.07, 6.45) is 1.89. The SMILES string of the molecule is CC1(C)CN=C(N2CCN(Cc3cnc(N)s3)CC2)S1.Cl. The Morgan fingerprint density at radius 1 is 1.29 bits per heavy atom. The van der Waals surface area contributed by atoms with E-state index in [1.807, 2.05) is 18.0 Å². The first-order valence-corrected chi connectivity index (χ1v) is 8.56. The largest absolute Gasteiger partial charge is 0.375 e. The molecule has 2 N–H and O–H groups in total. The van der Waals surface area contributed by atoms with Crippen LogP contribution in [0.15, 0.2) is 11.2 Å². The minimum absolute atomic E-state index is 0. The first-order chi connectivity index (χ1) is 9.52. The van der Waals surface area contributed by atoms with Gasteiger partial charge in [0.05, 0.1) is 6.54 Å². The third-order valence-corrected chi connectivity index (χ3v) is 5.62. The molecule has 0 unspecified atom stereocenters. The molecule has 0 spiro atoms. The summed E-state index contributed by atoms with van der Waals surface area (Å²) in [5, 5.41) is 1.90. The second kappa shape index (κ2) is 6.73. The van der Waals surface area contributed by atoms with Crippen LogP contribution in [0, 0.1) is 0 Å². The van der Waals surface area contributed by atoms with Gasteiger partial charge >= 0.3 is 0 Å². The predicted octanol–water partition coefficient (Wildman–Crippen LogP) is 2.15. The van der Waals surface area contributed by atoms with Gasteiger partial charge in [-0.3, -0.25) is 9.89 Å². The van der Waals surface area contributed by atoms with Gasteiger partial charge in [-0.25, -0.2) is 4.98 Å². The van der Waals surface area contributed by atoms with E-state index >= 15 is 0 Å². The lowest BCUT2D eigenvalue weighted by Crippen LogP contribution is -2.47. The summed E-state index contributed by atoms with van der Waals surface area (Å²) in [6.45, 7) is 10.7. The summed E-state index contributed by atoms with van der Waals surface area (Å²) < 4.78 is 0.270. The highest BCUT2D eigenvalue weighted by Crippen LogP contribution is 2.33. The van der Waals surface area contributed by atoms with E-state index in [4.69, 9.17) is 5.73 Å². The number of nitrogens with zero attached hydrogens (tertiary/aromatic N) is 4. The van der Waals surface area contributed by atoms with Crippen LogP contribution in [0.2, 0.25) is 0 Å². The summed E-state index contributed by atoms with van der Waals surface area (Å²) in [5.74, 6) is 0. The number of aromatic nitrogens is 1. The topological polar surface area (TPSA) is 57.8 Å². The summed E-state index contributed by atoms with van der Waals surface area (Å²) in [6, 6.07) is 0. The van der Waals surface area contributed by atoms with Crippen molar-refractivity contribution in [3.63, 3.8) is 0 Å². The van der Waals surface area contributed by atoms with Gasteiger partial charge in [0.1, 0.15) is 0 Å². The Bertz CT molecular complexity index is 508. The van der Waals surface area contributed by atoms with E-state index in [0.717, 1.165) is 39.3 Å². The van der Waals surface area contributed by atoms with Crippen LogP contribution in [-0.2, 0) is 6.54 Å². The number of hydrogen-bond acceptors (Lipinski definition) is 7. The van der Waals surface area contributed by atoms with Gasteiger partial charge in [0, 0.05) is 48.5 Å². The summed E-state index contributed by atoms with van der Waals surface area (Å²) in [4.78, 5) is 14.9. The van der Waals surface area contributed by atoms with Gasteiger partial charge in [0.15, 0.2) is 10.3 Å². The predicted molar refractivity (Wildman–Crippen MR) is 94.6 cm³/mol. The Labute approximate surface area is 140 Å². The highest BCUT2D eigenvalue weighted by atomic mass is 35.5. The fourth-order valence-corrected chi connectivity index (χ4v) is 4.24. The lowest BCUT2D eigenvalue weighted by Gasteiger charge is -2.35. The van der Waals surface area contributed by atoms with Crippen LogP contribution in [0.25, 0.3) is 0 Å². The normalized spacial score (nSPS) is 22.0. The molecule has 0 atom stereocenters. The van der Waals surface area contributed by atoms with Crippen molar-refractivity contribution in [2.24, 2.45) is 4.99 Å². The molecule has 2 aliphatic rings. The number of amidine groups is 1. The molecule has 5 nitrogen and oxygen atoms in total. The molecule has 1 aromatic heterocycles. The van der Waals surface area contributed by atoms with Crippen molar-refractivity contribution in [1.82, 2.24) is 14.8 Å². The van der Waals surface area contributed by atoms with Crippen LogP contribution < -0.4 is 5.73 Å². The van der Waals surface area contributed by atoms with Crippen LogP contribution in [0.3, 0.4) is 0 Å². The van der Waals surface area contributed by atoms with Crippen molar-refractivity contribution in [2.45, 2.75) is 25.1 Å². The van der Waals surface area contributed by atoms with Gasteiger partial charge in [0.2, 0.25) is 0 Å². The van der Waals surface area contributed by atoms with E-state index < -0.39 is 0 Å². The second-order valence-corrected chi connectivity index (χ2v) is 8.71. The van der Waals surface area contributed by atoms with Gasteiger partial charge in [-0.15, -0.1) is 23.7 Å². The average molecular weight is 348 g/mol. The lowest BCUT2D eigenvalue weighted by molar-refractivity contribution is 0.178. The molecular formula is C13H22ClN5S2. The first kappa shape index (κ1) is 16.9. The Kier molecular flexibility index (Phi) is 5.40. The van der Waals surface area contributed by atoms with Gasteiger partial charge < -0.3 is 10.6 Å². The van der Waals surface area contributed by atoms with E-state index in [1.54, 1.807) is 11.3 Å². The number of thiazole rings is 1. The number of anilines is 1.